The second kappa shape index (κ2) is 6.12. The zero-order valence-corrected chi connectivity index (χ0v) is 12.2. The third kappa shape index (κ3) is 2.82. The topological polar surface area (TPSA) is 35.9 Å². The predicted molar refractivity (Wildman–Crippen MR) is 79.0 cm³/mol. The van der Waals surface area contributed by atoms with Gasteiger partial charge in [-0.1, -0.05) is 19.1 Å². The summed E-state index contributed by atoms with van der Waals surface area (Å²) in [5.41, 5.74) is 0.993. The molecule has 4 rings (SSSR count). The van der Waals surface area contributed by atoms with Gasteiger partial charge in [0.2, 0.25) is 0 Å². The van der Waals surface area contributed by atoms with Crippen LogP contribution < -0.4 is 4.74 Å². The summed E-state index contributed by atoms with van der Waals surface area (Å²) >= 11 is 0. The summed E-state index contributed by atoms with van der Waals surface area (Å²) in [7, 11) is 0. The Balaban J connectivity index is 1.66. The first-order chi connectivity index (χ1) is 9.78. The Labute approximate surface area is 120 Å². The zero-order valence-electron chi connectivity index (χ0n) is 12.2. The molecule has 2 unspecified atom stereocenters. The molecular formula is C16H24N2O2. The van der Waals surface area contributed by atoms with Crippen molar-refractivity contribution in [2.24, 2.45) is 0 Å². The third-order valence-corrected chi connectivity index (χ3v) is 4.38. The molecule has 1 aromatic carbocycles. The summed E-state index contributed by atoms with van der Waals surface area (Å²) in [6.07, 6.45) is 0.607. The Morgan fingerprint density at radius 1 is 1.20 bits per heavy atom. The highest BCUT2D eigenvalue weighted by molar-refractivity contribution is 5.29. The molecule has 4 nitrogen and oxygen atoms in total. The van der Waals surface area contributed by atoms with Crippen LogP contribution in [0.2, 0.25) is 0 Å². The molecule has 4 heteroatoms. The molecule has 3 aliphatic rings. The monoisotopic (exact) mass is 276 g/mol. The highest BCUT2D eigenvalue weighted by atomic mass is 16.5. The molecule has 0 amide bonds. The average Bonchev–Trinajstić information content (AvgIpc) is 2.54. The van der Waals surface area contributed by atoms with Crippen LogP contribution >= 0.6 is 0 Å². The van der Waals surface area contributed by atoms with Crippen LogP contribution in [0, 0.1) is 0 Å². The SMILES string of the molecule is CCCOc1ccc(C(O)C2CN3CCN2CC3)cc1. The summed E-state index contributed by atoms with van der Waals surface area (Å²) in [5, 5.41) is 10.6. The summed E-state index contributed by atoms with van der Waals surface area (Å²) in [5.74, 6) is 0.886. The number of hydrogen-bond donors (Lipinski definition) is 1. The maximum absolute atomic E-state index is 10.6. The molecule has 0 saturated carbocycles. The van der Waals surface area contributed by atoms with Gasteiger partial charge in [0.15, 0.2) is 0 Å². The minimum atomic E-state index is -0.404. The summed E-state index contributed by atoms with van der Waals surface area (Å²) in [6.45, 7) is 8.28. The molecule has 3 aliphatic heterocycles. The van der Waals surface area contributed by atoms with Crippen LogP contribution in [0.15, 0.2) is 24.3 Å². The lowest BCUT2D eigenvalue weighted by Gasteiger charge is -2.49. The number of aliphatic hydroxyl groups excluding tert-OH is 1. The van der Waals surface area contributed by atoms with Crippen LogP contribution in [0.4, 0.5) is 0 Å². The molecule has 2 bridgehead atoms. The first-order valence-corrected chi connectivity index (χ1v) is 7.65. The predicted octanol–water partition coefficient (Wildman–Crippen LogP) is 1.51. The maximum atomic E-state index is 10.6. The lowest BCUT2D eigenvalue weighted by molar-refractivity contribution is -0.0470. The Kier molecular flexibility index (Phi) is 4.24. The van der Waals surface area contributed by atoms with Gasteiger partial charge in [0, 0.05) is 32.7 Å². The first kappa shape index (κ1) is 13.9. The van der Waals surface area contributed by atoms with Crippen molar-refractivity contribution in [2.75, 3.05) is 39.3 Å². The molecule has 0 radical (unpaired) electrons. The zero-order chi connectivity index (χ0) is 13.9. The molecule has 0 aliphatic carbocycles. The summed E-state index contributed by atoms with van der Waals surface area (Å²) in [4.78, 5) is 4.87. The number of ether oxygens (including phenoxy) is 1. The van der Waals surface area contributed by atoms with E-state index in [1.54, 1.807) is 0 Å². The van der Waals surface area contributed by atoms with E-state index in [1.165, 1.54) is 0 Å². The van der Waals surface area contributed by atoms with Gasteiger partial charge in [-0.2, -0.15) is 0 Å². The van der Waals surface area contributed by atoms with Gasteiger partial charge in [0.1, 0.15) is 5.75 Å². The maximum Gasteiger partial charge on any atom is 0.119 e. The fraction of sp³-hybridized carbons (Fsp3) is 0.625. The van der Waals surface area contributed by atoms with Gasteiger partial charge in [-0.05, 0) is 24.1 Å². The molecule has 3 heterocycles. The van der Waals surface area contributed by atoms with Gasteiger partial charge < -0.3 is 9.84 Å². The van der Waals surface area contributed by atoms with Crippen LogP contribution in [0.5, 0.6) is 5.75 Å². The Morgan fingerprint density at radius 3 is 2.45 bits per heavy atom. The Morgan fingerprint density at radius 2 is 1.90 bits per heavy atom. The van der Waals surface area contributed by atoms with E-state index in [1.807, 2.05) is 24.3 Å². The second-order valence-electron chi connectivity index (χ2n) is 5.77. The molecule has 3 saturated heterocycles. The highest BCUT2D eigenvalue weighted by Crippen LogP contribution is 2.28. The van der Waals surface area contributed by atoms with Crippen molar-refractivity contribution in [3.8, 4) is 5.75 Å². The van der Waals surface area contributed by atoms with Gasteiger partial charge in [-0.3, -0.25) is 9.80 Å². The lowest BCUT2D eigenvalue weighted by Crippen LogP contribution is -2.62. The van der Waals surface area contributed by atoms with Crippen LogP contribution in [0.1, 0.15) is 25.0 Å². The van der Waals surface area contributed by atoms with Crippen molar-refractivity contribution < 1.29 is 9.84 Å². The minimum absolute atomic E-state index is 0.236. The Bertz CT molecular complexity index is 427. The normalized spacial score (nSPS) is 30.2. The lowest BCUT2D eigenvalue weighted by atomic mass is 9.96. The van der Waals surface area contributed by atoms with Gasteiger partial charge >= 0.3 is 0 Å². The molecule has 1 aromatic rings. The Hall–Kier alpha value is -1.10. The molecule has 0 aromatic heterocycles. The number of rotatable bonds is 5. The van der Waals surface area contributed by atoms with E-state index >= 15 is 0 Å². The molecule has 20 heavy (non-hydrogen) atoms. The molecule has 2 atom stereocenters. The summed E-state index contributed by atoms with van der Waals surface area (Å²) in [6, 6.07) is 8.15. The van der Waals surface area contributed by atoms with Crippen molar-refractivity contribution in [3.05, 3.63) is 29.8 Å². The van der Waals surface area contributed by atoms with Crippen molar-refractivity contribution in [1.29, 1.82) is 0 Å². The standard InChI is InChI=1S/C16H24N2O2/c1-2-11-20-14-5-3-13(4-6-14)16(19)15-12-17-7-9-18(15)10-8-17/h3-6,15-16,19H,2,7-12H2,1H3. The van der Waals surface area contributed by atoms with Crippen molar-refractivity contribution in [2.45, 2.75) is 25.5 Å². The molecule has 0 spiro atoms. The number of benzene rings is 1. The quantitative estimate of drug-likeness (QED) is 0.884. The van der Waals surface area contributed by atoms with Crippen molar-refractivity contribution in [1.82, 2.24) is 9.80 Å². The second-order valence-corrected chi connectivity index (χ2v) is 5.77. The average molecular weight is 276 g/mol. The van der Waals surface area contributed by atoms with E-state index in [2.05, 4.69) is 16.7 Å². The minimum Gasteiger partial charge on any atom is -0.494 e. The van der Waals surface area contributed by atoms with Gasteiger partial charge in [0.25, 0.3) is 0 Å². The number of fused-ring (bicyclic) bond motifs is 3. The fourth-order valence-electron chi connectivity index (χ4n) is 3.16. The largest absolute Gasteiger partial charge is 0.494 e. The van der Waals surface area contributed by atoms with Crippen LogP contribution in [-0.4, -0.2) is 60.3 Å². The number of piperazine rings is 3. The van der Waals surface area contributed by atoms with Gasteiger partial charge in [0.05, 0.1) is 18.8 Å². The van der Waals surface area contributed by atoms with E-state index < -0.39 is 6.10 Å². The number of aliphatic hydroxyl groups is 1. The van der Waals surface area contributed by atoms with Crippen LogP contribution in [0.25, 0.3) is 0 Å². The smallest absolute Gasteiger partial charge is 0.119 e. The first-order valence-electron chi connectivity index (χ1n) is 7.65. The highest BCUT2D eigenvalue weighted by Gasteiger charge is 2.36. The van der Waals surface area contributed by atoms with Crippen molar-refractivity contribution >= 4 is 0 Å². The van der Waals surface area contributed by atoms with Gasteiger partial charge in [-0.25, -0.2) is 0 Å². The van der Waals surface area contributed by atoms with E-state index in [4.69, 9.17) is 4.74 Å². The van der Waals surface area contributed by atoms with E-state index in [9.17, 15) is 5.11 Å². The van der Waals surface area contributed by atoms with Crippen LogP contribution in [0.3, 0.4) is 0 Å². The van der Waals surface area contributed by atoms with Crippen LogP contribution in [-0.2, 0) is 0 Å². The molecular weight excluding hydrogens is 252 g/mol. The van der Waals surface area contributed by atoms with E-state index in [-0.39, 0.29) is 6.04 Å². The van der Waals surface area contributed by atoms with E-state index in [0.717, 1.165) is 57.1 Å². The molecule has 3 fully saturated rings. The molecule has 110 valence electrons. The summed E-state index contributed by atoms with van der Waals surface area (Å²) < 4.78 is 5.58. The number of nitrogens with zero attached hydrogens (tertiary/aromatic N) is 2. The van der Waals surface area contributed by atoms with Gasteiger partial charge in [-0.15, -0.1) is 0 Å². The molecule has 1 N–H and O–H groups in total. The van der Waals surface area contributed by atoms with E-state index in [0.29, 0.717) is 0 Å². The fourth-order valence-corrected chi connectivity index (χ4v) is 3.16. The number of hydrogen-bond acceptors (Lipinski definition) is 4. The third-order valence-electron chi connectivity index (χ3n) is 4.38. The van der Waals surface area contributed by atoms with Crippen molar-refractivity contribution in [3.63, 3.8) is 0 Å².